The van der Waals surface area contributed by atoms with E-state index in [1.807, 2.05) is 65.0 Å². The zero-order chi connectivity index (χ0) is 56.7. The number of esters is 2. The van der Waals surface area contributed by atoms with Gasteiger partial charge in [0, 0.05) is 32.7 Å². The quantitative estimate of drug-likeness (QED) is 0.0969. The molecule has 76 heavy (non-hydrogen) atoms. The smallest absolute Gasteiger partial charge is 0.329 e. The van der Waals surface area contributed by atoms with E-state index in [0.29, 0.717) is 29.8 Å². The van der Waals surface area contributed by atoms with Gasteiger partial charge in [-0.1, -0.05) is 92.1 Å². The number of thiocarbonyl (C=S) groups is 1. The number of amides is 5. The summed E-state index contributed by atoms with van der Waals surface area (Å²) in [5.41, 5.74) is 1.29. The first-order valence-corrected chi connectivity index (χ1v) is 27.0. The van der Waals surface area contributed by atoms with Crippen LogP contribution >= 0.6 is 12.2 Å². The third-order valence-electron chi connectivity index (χ3n) is 14.3. The number of carbonyl (C=O) groups is 8. The van der Waals surface area contributed by atoms with Gasteiger partial charge in [0.05, 0.1) is 31.6 Å². The molecule has 0 spiro atoms. The van der Waals surface area contributed by atoms with Crippen LogP contribution in [0.15, 0.2) is 54.6 Å². The van der Waals surface area contributed by atoms with Crippen LogP contribution in [0.1, 0.15) is 113 Å². The average Bonchev–Trinajstić information content (AvgIpc) is 3.87. The second-order valence-corrected chi connectivity index (χ2v) is 21.9. The number of Topliss-reactive ketones (excluding diaryl/α,β-unsaturated/α-hetero) is 1. The van der Waals surface area contributed by atoms with Gasteiger partial charge in [0.25, 0.3) is 0 Å². The number of ether oxygens (including phenoxy) is 3. The molecule has 0 aromatic heterocycles. The van der Waals surface area contributed by atoms with Gasteiger partial charge in [-0.15, -0.1) is 0 Å². The lowest BCUT2D eigenvalue weighted by Gasteiger charge is -2.36. The van der Waals surface area contributed by atoms with Crippen LogP contribution in [0.25, 0.3) is 0 Å². The van der Waals surface area contributed by atoms with Gasteiger partial charge in [-0.3, -0.25) is 33.6 Å². The third kappa shape index (κ3) is 16.9. The molecule has 0 saturated carbocycles. The maximum Gasteiger partial charge on any atom is 0.329 e. The van der Waals surface area contributed by atoms with Gasteiger partial charge in [-0.05, 0) is 105 Å². The van der Waals surface area contributed by atoms with Crippen molar-refractivity contribution in [2.45, 2.75) is 169 Å². The molecule has 0 aliphatic carbocycles. The molecule has 0 radical (unpaired) electrons. The molecular weight excluding hydrogens is 995 g/mol. The lowest BCUT2D eigenvalue weighted by atomic mass is 9.91. The zero-order valence-corrected chi connectivity index (χ0v) is 47.4. The highest BCUT2D eigenvalue weighted by Crippen LogP contribution is 2.26. The van der Waals surface area contributed by atoms with Crippen LogP contribution in [0, 0.1) is 29.6 Å². The summed E-state index contributed by atoms with van der Waals surface area (Å²) in [5.74, 6) is -8.20. The molecule has 2 heterocycles. The fourth-order valence-corrected chi connectivity index (χ4v) is 9.72. The Bertz CT molecular complexity index is 2330. The molecule has 19 nitrogen and oxygen atoms in total. The number of likely N-dealkylation sites (N-methyl/N-ethyl adjacent to an activating group) is 2. The molecule has 2 aromatic rings. The number of anilines is 1. The molecule has 0 bridgehead atoms. The maximum atomic E-state index is 15.0. The Kier molecular flexibility index (Phi) is 23.7. The molecule has 2 aliphatic rings. The second-order valence-electron chi connectivity index (χ2n) is 21.5. The Morgan fingerprint density at radius 3 is 2.12 bits per heavy atom. The SMILES string of the molecule is CC[C@H](C)[C@H]1NC(=O)[C@@H](NC(=O)[C@@H](CC(C)C)N(C)C(=S)Nc2ccccc2)[C@@H](C)OC(=O)[C@H](Cc2ccc(OC)cc2)N(C)C(=O)C2CCCN2C(=O)[C@H](CC(C)C)NC(=O)[C@@H](C)C(=O)[C@H](C(C)C)OC(=O)C[C@@H]1O. The molecular formula is C56H83N7O12S. The monoisotopic (exact) mass is 1080 g/mol. The summed E-state index contributed by atoms with van der Waals surface area (Å²) in [6, 6.07) is 8.69. The minimum Gasteiger partial charge on any atom is -0.497 e. The summed E-state index contributed by atoms with van der Waals surface area (Å²) >= 11 is 5.77. The van der Waals surface area contributed by atoms with Crippen molar-refractivity contribution < 1.29 is 57.7 Å². The van der Waals surface area contributed by atoms with Gasteiger partial charge >= 0.3 is 11.9 Å². The highest BCUT2D eigenvalue weighted by atomic mass is 32.1. The maximum absolute atomic E-state index is 15.0. The number of hydrogen-bond donors (Lipinski definition) is 5. The number of nitrogens with zero attached hydrogens (tertiary/aromatic N) is 3. The van der Waals surface area contributed by atoms with Gasteiger partial charge in [0.1, 0.15) is 42.1 Å². The molecule has 2 aromatic carbocycles. The molecule has 4 rings (SSSR count). The molecule has 2 saturated heterocycles. The fraction of sp³-hybridized carbons (Fsp3) is 0.625. The molecule has 2 aliphatic heterocycles. The predicted molar refractivity (Wildman–Crippen MR) is 291 cm³/mol. The summed E-state index contributed by atoms with van der Waals surface area (Å²) in [6.45, 7) is 17.4. The molecule has 20 heteroatoms. The Balaban J connectivity index is 1.88. The van der Waals surface area contributed by atoms with E-state index < -0.39 is 126 Å². The number of benzene rings is 2. The Morgan fingerprint density at radius 1 is 0.895 bits per heavy atom. The van der Waals surface area contributed by atoms with Crippen LogP contribution in [0.4, 0.5) is 5.69 Å². The van der Waals surface area contributed by atoms with Crippen LogP contribution in [0.3, 0.4) is 0 Å². The molecule has 2 fully saturated rings. The van der Waals surface area contributed by atoms with Gasteiger partial charge in [0.2, 0.25) is 29.5 Å². The largest absolute Gasteiger partial charge is 0.497 e. The molecule has 11 atom stereocenters. The Hall–Kier alpha value is -6.15. The first-order chi connectivity index (χ1) is 35.8. The topological polar surface area (TPSA) is 242 Å². The number of fused-ring (bicyclic) bond motifs is 1. The fourth-order valence-electron chi connectivity index (χ4n) is 9.48. The van der Waals surface area contributed by atoms with Crippen molar-refractivity contribution in [3.63, 3.8) is 0 Å². The molecule has 1 unspecified atom stereocenters. The van der Waals surface area contributed by atoms with Crippen LogP contribution in [0.5, 0.6) is 5.75 Å². The van der Waals surface area contributed by atoms with Crippen LogP contribution in [-0.4, -0.2) is 154 Å². The van der Waals surface area contributed by atoms with E-state index in [2.05, 4.69) is 21.3 Å². The van der Waals surface area contributed by atoms with E-state index in [-0.39, 0.29) is 49.2 Å². The molecule has 5 N–H and O–H groups in total. The van der Waals surface area contributed by atoms with Crippen molar-refractivity contribution in [1.29, 1.82) is 0 Å². The minimum atomic E-state index is -1.64. The van der Waals surface area contributed by atoms with E-state index in [1.165, 1.54) is 37.8 Å². The molecule has 420 valence electrons. The number of nitrogens with one attached hydrogen (secondary N) is 4. The first kappa shape index (κ1) is 62.4. The summed E-state index contributed by atoms with van der Waals surface area (Å²) in [7, 11) is 4.59. The number of rotatable bonds is 14. The summed E-state index contributed by atoms with van der Waals surface area (Å²) in [6.07, 6.45) is -3.72. The summed E-state index contributed by atoms with van der Waals surface area (Å²) < 4.78 is 17.3. The number of carbonyl (C=O) groups excluding carboxylic acids is 8. The van der Waals surface area contributed by atoms with Crippen molar-refractivity contribution in [2.24, 2.45) is 29.6 Å². The third-order valence-corrected chi connectivity index (χ3v) is 14.7. The normalized spacial score (nSPS) is 25.8. The predicted octanol–water partition coefficient (Wildman–Crippen LogP) is 4.82. The van der Waals surface area contributed by atoms with Crippen molar-refractivity contribution in [3.8, 4) is 5.75 Å². The van der Waals surface area contributed by atoms with E-state index in [0.717, 1.165) is 0 Å². The number of aliphatic hydroxyl groups excluding tert-OH is 1. The van der Waals surface area contributed by atoms with Crippen molar-refractivity contribution in [2.75, 3.05) is 33.1 Å². The van der Waals surface area contributed by atoms with Gasteiger partial charge in [0.15, 0.2) is 17.0 Å². The van der Waals surface area contributed by atoms with Crippen LogP contribution in [0.2, 0.25) is 0 Å². The highest BCUT2D eigenvalue weighted by molar-refractivity contribution is 7.80. The minimum absolute atomic E-state index is 0.0483. The number of cyclic esters (lactones) is 2. The molecule has 5 amide bonds. The number of ketones is 1. The van der Waals surface area contributed by atoms with Gasteiger partial charge in [-0.2, -0.15) is 0 Å². The number of methoxy groups -OCH3 is 1. The standard InChI is InChI=1S/C56H83N7O12S/c1-14-34(8)46-44(64)30-45(65)75-49(33(6)7)48(66)35(9)50(67)58-40(27-31(2)3)53(70)63-26-18-21-41(63)54(71)61(11)43(29-37-22-24-39(73-13)25-23-37)55(72)74-36(10)47(52(69)59-46)60-51(68)42(28-32(4)5)62(12)56(76)57-38-19-16-15-17-20-38/h15-17,19-20,22-25,31-36,40-44,46-47,49,64H,14,18,21,26-30H2,1-13H3,(H,57,76)(H,58,67)(H,59,69)(H,60,68)/t34-,35-,36+,40-,41?,42+,43-,44-,46+,47-,49-/m0/s1. The average molecular weight is 1080 g/mol. The van der Waals surface area contributed by atoms with Crippen molar-refractivity contribution >= 4 is 70.3 Å². The van der Waals surface area contributed by atoms with Crippen LogP contribution < -0.4 is 26.0 Å². The number of aliphatic hydroxyl groups is 1. The van der Waals surface area contributed by atoms with Gasteiger partial charge < -0.3 is 55.3 Å². The van der Waals surface area contributed by atoms with E-state index in [4.69, 9.17) is 26.4 Å². The Labute approximate surface area is 454 Å². The number of hydrogen-bond acceptors (Lipinski definition) is 13. The lowest BCUT2D eigenvalue weighted by molar-refractivity contribution is -0.163. The van der Waals surface area contributed by atoms with E-state index in [1.54, 1.807) is 57.0 Å². The lowest BCUT2D eigenvalue weighted by Crippen LogP contribution is -2.61. The Morgan fingerprint density at radius 2 is 1.54 bits per heavy atom. The van der Waals surface area contributed by atoms with Crippen LogP contribution in [-0.2, 0) is 54.3 Å². The van der Waals surface area contributed by atoms with Gasteiger partial charge in [-0.25, -0.2) is 4.79 Å². The highest BCUT2D eigenvalue weighted by Gasteiger charge is 2.45. The second kappa shape index (κ2) is 28.8. The van der Waals surface area contributed by atoms with Crippen molar-refractivity contribution in [1.82, 2.24) is 30.7 Å². The summed E-state index contributed by atoms with van der Waals surface area (Å²) in [4.78, 5) is 120. The first-order valence-electron chi connectivity index (χ1n) is 26.6. The zero-order valence-electron chi connectivity index (χ0n) is 46.6. The summed E-state index contributed by atoms with van der Waals surface area (Å²) in [5, 5.41) is 23.6. The van der Waals surface area contributed by atoms with E-state index in [9.17, 15) is 43.5 Å². The van der Waals surface area contributed by atoms with Crippen molar-refractivity contribution in [3.05, 3.63) is 60.2 Å². The van der Waals surface area contributed by atoms with E-state index >= 15 is 0 Å². The number of para-hydroxylation sites is 1.